The summed E-state index contributed by atoms with van der Waals surface area (Å²) in [4.78, 5) is 12.2. The van der Waals surface area contributed by atoms with Crippen LogP contribution in [0.3, 0.4) is 0 Å². The van der Waals surface area contributed by atoms with E-state index in [1.54, 1.807) is 22.7 Å². The first-order chi connectivity index (χ1) is 10.5. The summed E-state index contributed by atoms with van der Waals surface area (Å²) in [6, 6.07) is 3.40. The van der Waals surface area contributed by atoms with Gasteiger partial charge < -0.3 is 5.32 Å². The number of aromatic nitrogens is 3. The Labute approximate surface area is 130 Å². The minimum Gasteiger partial charge on any atom is -0.348 e. The van der Waals surface area contributed by atoms with Crippen molar-refractivity contribution >= 4 is 23.2 Å². The van der Waals surface area contributed by atoms with Crippen LogP contribution in [0.1, 0.15) is 31.5 Å². The molecule has 2 aromatic rings. The molecule has 2 aromatic heterocycles. The van der Waals surface area contributed by atoms with Crippen molar-refractivity contribution in [1.29, 1.82) is 0 Å². The lowest BCUT2D eigenvalue weighted by molar-refractivity contribution is -0.140. The van der Waals surface area contributed by atoms with Crippen LogP contribution in [0.15, 0.2) is 18.3 Å². The van der Waals surface area contributed by atoms with Crippen molar-refractivity contribution in [2.75, 3.05) is 0 Å². The van der Waals surface area contributed by atoms with E-state index in [1.165, 1.54) is 0 Å². The molecule has 1 saturated carbocycles. The maximum atomic E-state index is 13.3. The molecule has 1 amide bonds. The minimum absolute atomic E-state index is 0.0365. The van der Waals surface area contributed by atoms with Crippen LogP contribution in [0.4, 0.5) is 8.78 Å². The van der Waals surface area contributed by atoms with Gasteiger partial charge in [-0.05, 0) is 25.0 Å². The number of carbonyl (C=O) groups is 1. The van der Waals surface area contributed by atoms with Crippen LogP contribution in [0.2, 0.25) is 5.02 Å². The van der Waals surface area contributed by atoms with Gasteiger partial charge in [0.15, 0.2) is 11.5 Å². The number of amides is 1. The van der Waals surface area contributed by atoms with Gasteiger partial charge in [-0.3, -0.25) is 9.20 Å². The Hall–Kier alpha value is -1.76. The van der Waals surface area contributed by atoms with E-state index in [2.05, 4.69) is 15.5 Å². The zero-order valence-electron chi connectivity index (χ0n) is 11.7. The van der Waals surface area contributed by atoms with Crippen LogP contribution in [0, 0.1) is 5.41 Å². The lowest BCUT2D eigenvalue weighted by Gasteiger charge is -2.26. The number of hydrogen-bond donors (Lipinski definition) is 1. The lowest BCUT2D eigenvalue weighted by Crippen LogP contribution is -2.44. The molecular weight excluding hydrogens is 314 g/mol. The van der Waals surface area contributed by atoms with Gasteiger partial charge in [-0.15, -0.1) is 10.2 Å². The summed E-state index contributed by atoms with van der Waals surface area (Å²) in [7, 11) is 0. The molecule has 8 heteroatoms. The molecule has 0 saturated heterocycles. The van der Waals surface area contributed by atoms with Gasteiger partial charge in [0.1, 0.15) is 5.41 Å². The average Bonchev–Trinajstić information content (AvgIpc) is 3.13. The summed E-state index contributed by atoms with van der Waals surface area (Å²) >= 11 is 5.99. The monoisotopic (exact) mass is 328 g/mol. The standard InChI is InChI=1S/C14H15ClF2N4O/c15-9-4-3-7-21-10(19-20-11(9)21)8-18-13(22)14(12(16)17)5-1-2-6-14/h3-4,7,12H,1-2,5-6,8H2,(H,18,22). The zero-order chi connectivity index (χ0) is 15.7. The third-order valence-electron chi connectivity index (χ3n) is 4.23. The van der Waals surface area contributed by atoms with Gasteiger partial charge in [0, 0.05) is 6.20 Å². The molecule has 0 aliphatic heterocycles. The summed E-state index contributed by atoms with van der Waals surface area (Å²) < 4.78 is 28.2. The number of pyridine rings is 1. The van der Waals surface area contributed by atoms with Gasteiger partial charge in [-0.25, -0.2) is 8.78 Å². The fraction of sp³-hybridized carbons (Fsp3) is 0.500. The first-order valence-corrected chi connectivity index (χ1v) is 7.47. The molecule has 1 aliphatic rings. The second-order valence-corrected chi connectivity index (χ2v) is 5.92. The van der Waals surface area contributed by atoms with Gasteiger partial charge in [-0.2, -0.15) is 0 Å². The Morgan fingerprint density at radius 1 is 1.41 bits per heavy atom. The molecule has 1 N–H and O–H groups in total. The van der Waals surface area contributed by atoms with Crippen LogP contribution in [-0.2, 0) is 11.3 Å². The van der Waals surface area contributed by atoms with Crippen LogP contribution >= 0.6 is 11.6 Å². The molecule has 0 atom stereocenters. The van der Waals surface area contributed by atoms with E-state index in [-0.39, 0.29) is 19.4 Å². The van der Waals surface area contributed by atoms with E-state index in [4.69, 9.17) is 11.6 Å². The van der Waals surface area contributed by atoms with Crippen molar-refractivity contribution < 1.29 is 13.6 Å². The summed E-state index contributed by atoms with van der Waals surface area (Å²) in [5, 5.41) is 10.9. The number of rotatable bonds is 4. The van der Waals surface area contributed by atoms with Crippen molar-refractivity contribution in [1.82, 2.24) is 19.9 Å². The van der Waals surface area contributed by atoms with Crippen LogP contribution in [0.5, 0.6) is 0 Å². The average molecular weight is 329 g/mol. The number of hydrogen-bond acceptors (Lipinski definition) is 3. The van der Waals surface area contributed by atoms with Gasteiger partial charge in [0.05, 0.1) is 11.6 Å². The number of carbonyl (C=O) groups excluding carboxylic acids is 1. The molecule has 2 heterocycles. The SMILES string of the molecule is O=C(NCc1nnc2c(Cl)cccn12)C1(C(F)F)CCCC1. The molecular formula is C14H15ClF2N4O. The van der Waals surface area contributed by atoms with Gasteiger partial charge in [-0.1, -0.05) is 24.4 Å². The van der Waals surface area contributed by atoms with Gasteiger partial charge >= 0.3 is 0 Å². The van der Waals surface area contributed by atoms with Crippen molar-refractivity contribution in [2.45, 2.75) is 38.7 Å². The molecule has 1 aliphatic carbocycles. The molecule has 0 bridgehead atoms. The van der Waals surface area contributed by atoms with Crippen molar-refractivity contribution in [3.8, 4) is 0 Å². The Morgan fingerprint density at radius 2 is 2.14 bits per heavy atom. The molecule has 22 heavy (non-hydrogen) atoms. The maximum absolute atomic E-state index is 13.3. The topological polar surface area (TPSA) is 59.3 Å². The van der Waals surface area contributed by atoms with Crippen molar-refractivity contribution in [3.05, 3.63) is 29.2 Å². The quantitative estimate of drug-likeness (QED) is 0.939. The summed E-state index contributed by atoms with van der Waals surface area (Å²) in [5.41, 5.74) is -1.09. The summed E-state index contributed by atoms with van der Waals surface area (Å²) in [6.07, 6.45) is 0.815. The highest BCUT2D eigenvalue weighted by atomic mass is 35.5. The fourth-order valence-electron chi connectivity index (χ4n) is 2.94. The number of alkyl halides is 2. The molecule has 0 radical (unpaired) electrons. The highest BCUT2D eigenvalue weighted by Crippen LogP contribution is 2.43. The summed E-state index contributed by atoms with van der Waals surface area (Å²) in [6.45, 7) is 0.0365. The molecule has 118 valence electrons. The smallest absolute Gasteiger partial charge is 0.252 e. The molecule has 0 unspecified atom stereocenters. The van der Waals surface area contributed by atoms with Crippen molar-refractivity contribution in [3.63, 3.8) is 0 Å². The zero-order valence-corrected chi connectivity index (χ0v) is 12.5. The highest BCUT2D eigenvalue weighted by molar-refractivity contribution is 6.33. The number of fused-ring (bicyclic) bond motifs is 1. The van der Waals surface area contributed by atoms with E-state index < -0.39 is 17.7 Å². The predicted octanol–water partition coefficient (Wildman–Crippen LogP) is 2.82. The fourth-order valence-corrected chi connectivity index (χ4v) is 3.14. The highest BCUT2D eigenvalue weighted by Gasteiger charge is 2.48. The predicted molar refractivity (Wildman–Crippen MR) is 76.7 cm³/mol. The Bertz CT molecular complexity index is 697. The van der Waals surface area contributed by atoms with E-state index in [0.29, 0.717) is 29.3 Å². The largest absolute Gasteiger partial charge is 0.348 e. The lowest BCUT2D eigenvalue weighted by atomic mass is 9.85. The number of nitrogens with zero attached hydrogens (tertiary/aromatic N) is 3. The van der Waals surface area contributed by atoms with Crippen LogP contribution in [0.25, 0.3) is 5.65 Å². The Balaban J connectivity index is 1.76. The number of nitrogens with one attached hydrogen (secondary N) is 1. The maximum Gasteiger partial charge on any atom is 0.252 e. The van der Waals surface area contributed by atoms with E-state index in [9.17, 15) is 13.6 Å². The molecule has 5 nitrogen and oxygen atoms in total. The Kier molecular flexibility index (Phi) is 3.99. The van der Waals surface area contributed by atoms with Crippen LogP contribution < -0.4 is 5.32 Å². The van der Waals surface area contributed by atoms with E-state index in [1.807, 2.05) is 0 Å². The van der Waals surface area contributed by atoms with Gasteiger partial charge in [0.2, 0.25) is 5.91 Å². The normalized spacial score (nSPS) is 17.3. The molecule has 0 aromatic carbocycles. The second kappa shape index (κ2) is 5.79. The third-order valence-corrected chi connectivity index (χ3v) is 4.53. The minimum atomic E-state index is -2.65. The first kappa shape index (κ1) is 15.1. The Morgan fingerprint density at radius 3 is 2.82 bits per heavy atom. The van der Waals surface area contributed by atoms with Gasteiger partial charge in [0.25, 0.3) is 6.43 Å². The van der Waals surface area contributed by atoms with E-state index in [0.717, 1.165) is 0 Å². The molecule has 3 rings (SSSR count). The van der Waals surface area contributed by atoms with Crippen LogP contribution in [-0.4, -0.2) is 26.9 Å². The second-order valence-electron chi connectivity index (χ2n) is 5.51. The number of halogens is 3. The van der Waals surface area contributed by atoms with E-state index >= 15 is 0 Å². The van der Waals surface area contributed by atoms with Crippen molar-refractivity contribution in [2.24, 2.45) is 5.41 Å². The first-order valence-electron chi connectivity index (χ1n) is 7.09. The summed E-state index contributed by atoms with van der Waals surface area (Å²) in [5.74, 6) is -0.160. The molecule has 0 spiro atoms. The third kappa shape index (κ3) is 2.43. The molecule has 1 fully saturated rings.